The van der Waals surface area contributed by atoms with Gasteiger partial charge in [0, 0.05) is 32.3 Å². The van der Waals surface area contributed by atoms with Crippen LogP contribution >= 0.6 is 0 Å². The zero-order valence-electron chi connectivity index (χ0n) is 20.8. The number of imide groups is 1. The van der Waals surface area contributed by atoms with Gasteiger partial charge in [0.25, 0.3) is 0 Å². The highest BCUT2D eigenvalue weighted by molar-refractivity contribution is 6.17. The number of carbonyl (C=O) groups is 4. The number of hydrogen-bond donors (Lipinski definition) is 0. The summed E-state index contributed by atoms with van der Waals surface area (Å²) in [6.45, 7) is 4.95. The van der Waals surface area contributed by atoms with Gasteiger partial charge in [-0.2, -0.15) is 0 Å². The molecule has 0 saturated heterocycles. The quantitative estimate of drug-likeness (QED) is 0.223. The van der Waals surface area contributed by atoms with Crippen molar-refractivity contribution >= 4 is 29.3 Å². The molecule has 0 N–H and O–H groups in total. The molecule has 0 bridgehead atoms. The summed E-state index contributed by atoms with van der Waals surface area (Å²) in [6, 6.07) is 5.01. The second kappa shape index (κ2) is 17.4. The largest absolute Gasteiger partial charge is 0.491 e. The lowest BCUT2D eigenvalue weighted by molar-refractivity contribution is -0.120. The molecular formula is C25H35N3O8. The van der Waals surface area contributed by atoms with Gasteiger partial charge >= 0.3 is 12.1 Å². The first kappa shape index (κ1) is 29.2. The van der Waals surface area contributed by atoms with Crippen LogP contribution in [0.5, 0.6) is 5.75 Å². The maximum atomic E-state index is 11.8. The molecule has 0 atom stereocenters. The van der Waals surface area contributed by atoms with E-state index >= 15 is 0 Å². The van der Waals surface area contributed by atoms with E-state index in [1.807, 2.05) is 6.92 Å². The Morgan fingerprint density at radius 2 is 1.19 bits per heavy atom. The second-order valence-corrected chi connectivity index (χ2v) is 8.06. The van der Waals surface area contributed by atoms with Gasteiger partial charge in [0.05, 0.1) is 38.7 Å². The minimum Gasteiger partial charge on any atom is -0.491 e. The molecule has 0 unspecified atom stereocenters. The Bertz CT molecular complexity index is 855. The molecular weight excluding hydrogens is 470 g/mol. The van der Waals surface area contributed by atoms with Crippen LogP contribution in [0.2, 0.25) is 0 Å². The van der Waals surface area contributed by atoms with Gasteiger partial charge in [-0.15, -0.1) is 0 Å². The Hall–Kier alpha value is -3.02. The third-order valence-electron chi connectivity index (χ3n) is 5.12. The lowest BCUT2D eigenvalue weighted by Gasteiger charge is -2.12. The third kappa shape index (κ3) is 11.6. The summed E-state index contributed by atoms with van der Waals surface area (Å²) < 4.78 is 21.9. The molecule has 0 fully saturated rings. The van der Waals surface area contributed by atoms with Crippen molar-refractivity contribution in [3.8, 4) is 5.75 Å². The first-order chi connectivity index (χ1) is 17.5. The molecule has 1 heterocycles. The first-order valence-electron chi connectivity index (χ1n) is 12.3. The summed E-state index contributed by atoms with van der Waals surface area (Å²) in [7, 11) is 0. The number of ether oxygens (including phenoxy) is 4. The summed E-state index contributed by atoms with van der Waals surface area (Å²) in [6.07, 6.45) is 4.23. The summed E-state index contributed by atoms with van der Waals surface area (Å²) in [5.41, 5.74) is 0.375. The minimum atomic E-state index is -0.716. The third-order valence-corrected chi connectivity index (χ3v) is 5.12. The number of hydrogen-bond acceptors (Lipinski definition) is 8. The number of benzene rings is 1. The van der Waals surface area contributed by atoms with E-state index in [1.165, 1.54) is 0 Å². The molecule has 0 radical (unpaired) electrons. The van der Waals surface area contributed by atoms with Crippen molar-refractivity contribution < 1.29 is 38.1 Å². The first-order valence-corrected chi connectivity index (χ1v) is 12.3. The summed E-state index contributed by atoms with van der Waals surface area (Å²) in [5.74, 6) is 0.995. The van der Waals surface area contributed by atoms with Crippen LogP contribution < -0.4 is 9.64 Å². The van der Waals surface area contributed by atoms with Crippen LogP contribution in [0.15, 0.2) is 34.5 Å². The number of carbonyl (C=O) groups excluding carboxylic acids is 4. The molecule has 1 aliphatic heterocycles. The zero-order valence-corrected chi connectivity index (χ0v) is 20.8. The molecule has 36 heavy (non-hydrogen) atoms. The van der Waals surface area contributed by atoms with Crippen LogP contribution in [0.3, 0.4) is 0 Å². The summed E-state index contributed by atoms with van der Waals surface area (Å²) >= 11 is 0. The highest BCUT2D eigenvalue weighted by atomic mass is 16.6. The van der Waals surface area contributed by atoms with Gasteiger partial charge in [0.1, 0.15) is 23.9 Å². The number of azo groups is 1. The fourth-order valence-corrected chi connectivity index (χ4v) is 3.31. The van der Waals surface area contributed by atoms with Gasteiger partial charge in [-0.1, -0.05) is 17.2 Å². The SMILES string of the molecule is CCCC(=O)CCCC(=O)CCCOCCOCCOCCOc1ccc(N2C(=O)N=NC2=O)cc1. The molecule has 2 rings (SSSR count). The van der Waals surface area contributed by atoms with E-state index in [-0.39, 0.29) is 11.6 Å². The average Bonchev–Trinajstić information content (AvgIpc) is 3.20. The highest BCUT2D eigenvalue weighted by Crippen LogP contribution is 2.23. The van der Waals surface area contributed by atoms with E-state index in [1.54, 1.807) is 24.3 Å². The zero-order chi connectivity index (χ0) is 26.0. The van der Waals surface area contributed by atoms with Gasteiger partial charge in [0.2, 0.25) is 0 Å². The molecule has 0 aromatic heterocycles. The minimum absolute atomic E-state index is 0.181. The number of Topliss-reactive ketones (excluding diaryl/α,β-unsaturated/α-hetero) is 2. The van der Waals surface area contributed by atoms with Crippen LogP contribution in [-0.4, -0.2) is 69.9 Å². The predicted molar refractivity (Wildman–Crippen MR) is 131 cm³/mol. The Kier molecular flexibility index (Phi) is 14.1. The van der Waals surface area contributed by atoms with E-state index in [4.69, 9.17) is 18.9 Å². The maximum absolute atomic E-state index is 11.8. The van der Waals surface area contributed by atoms with Gasteiger partial charge in [-0.25, -0.2) is 14.5 Å². The van der Waals surface area contributed by atoms with Crippen molar-refractivity contribution in [1.29, 1.82) is 0 Å². The highest BCUT2D eigenvalue weighted by Gasteiger charge is 2.28. The van der Waals surface area contributed by atoms with E-state index in [0.29, 0.717) is 96.2 Å². The summed E-state index contributed by atoms with van der Waals surface area (Å²) in [4.78, 5) is 47.1. The molecule has 11 heteroatoms. The van der Waals surface area contributed by atoms with Gasteiger partial charge < -0.3 is 18.9 Å². The second-order valence-electron chi connectivity index (χ2n) is 8.06. The van der Waals surface area contributed by atoms with Crippen LogP contribution in [0, 0.1) is 0 Å². The van der Waals surface area contributed by atoms with Crippen LogP contribution in [-0.2, 0) is 23.8 Å². The van der Waals surface area contributed by atoms with E-state index in [0.717, 1.165) is 11.3 Å². The molecule has 1 aromatic rings. The van der Waals surface area contributed by atoms with E-state index in [2.05, 4.69) is 10.2 Å². The monoisotopic (exact) mass is 505 g/mol. The number of amides is 4. The number of nitrogens with zero attached hydrogens (tertiary/aromatic N) is 3. The molecule has 1 aliphatic rings. The Morgan fingerprint density at radius 1 is 0.694 bits per heavy atom. The predicted octanol–water partition coefficient (Wildman–Crippen LogP) is 4.52. The smallest absolute Gasteiger partial charge is 0.375 e. The molecule has 11 nitrogen and oxygen atoms in total. The van der Waals surface area contributed by atoms with Crippen molar-refractivity contribution in [2.75, 3.05) is 51.1 Å². The van der Waals surface area contributed by atoms with Crippen molar-refractivity contribution in [3.05, 3.63) is 24.3 Å². The Morgan fingerprint density at radius 3 is 1.78 bits per heavy atom. The lowest BCUT2D eigenvalue weighted by Crippen LogP contribution is -2.27. The van der Waals surface area contributed by atoms with Crippen LogP contribution in [0.4, 0.5) is 15.3 Å². The standard InChI is InChI=1S/C25H35N3O8/c1-2-5-21(29)6-3-7-22(30)8-4-13-33-14-15-34-16-17-35-18-19-36-23-11-9-20(10-12-23)28-24(31)26-27-25(28)32/h9-12H,2-8,13-19H2,1H3. The Labute approximate surface area is 211 Å². The molecule has 0 saturated carbocycles. The summed E-state index contributed by atoms with van der Waals surface area (Å²) in [5, 5.41) is 6.42. The van der Waals surface area contributed by atoms with E-state index < -0.39 is 12.1 Å². The molecule has 4 amide bonds. The number of rotatable bonds is 21. The van der Waals surface area contributed by atoms with Gasteiger partial charge in [-0.3, -0.25) is 9.59 Å². The number of anilines is 1. The number of ketones is 2. The van der Waals surface area contributed by atoms with Gasteiger partial charge in [0.15, 0.2) is 0 Å². The molecule has 198 valence electrons. The van der Waals surface area contributed by atoms with Crippen LogP contribution in [0.25, 0.3) is 0 Å². The van der Waals surface area contributed by atoms with Gasteiger partial charge in [-0.05, 0) is 43.5 Å². The molecule has 1 aromatic carbocycles. The van der Waals surface area contributed by atoms with E-state index in [9.17, 15) is 19.2 Å². The number of urea groups is 2. The van der Waals surface area contributed by atoms with Crippen molar-refractivity contribution in [3.63, 3.8) is 0 Å². The van der Waals surface area contributed by atoms with Crippen molar-refractivity contribution in [2.24, 2.45) is 10.2 Å². The van der Waals surface area contributed by atoms with Crippen molar-refractivity contribution in [1.82, 2.24) is 0 Å². The Balaban J connectivity index is 1.36. The fourth-order valence-electron chi connectivity index (χ4n) is 3.31. The molecule has 0 aliphatic carbocycles. The molecule has 0 spiro atoms. The average molecular weight is 506 g/mol. The van der Waals surface area contributed by atoms with Crippen LogP contribution in [0.1, 0.15) is 51.9 Å². The maximum Gasteiger partial charge on any atom is 0.375 e. The normalized spacial score (nSPS) is 13.0. The fraction of sp³-hybridized carbons (Fsp3) is 0.600. The topological polar surface area (TPSA) is 133 Å². The van der Waals surface area contributed by atoms with Crippen molar-refractivity contribution in [2.45, 2.75) is 51.9 Å². The lowest BCUT2D eigenvalue weighted by atomic mass is 10.1.